The first kappa shape index (κ1) is 11.2. The highest BCUT2D eigenvalue weighted by atomic mass is 32.1. The van der Waals surface area contributed by atoms with E-state index in [1.54, 1.807) is 5.51 Å². The Labute approximate surface area is 97.7 Å². The average molecular weight is 238 g/mol. The van der Waals surface area contributed by atoms with Gasteiger partial charge >= 0.3 is 0 Å². The minimum absolute atomic E-state index is 0.0940. The fourth-order valence-electron chi connectivity index (χ4n) is 1.17. The zero-order valence-electron chi connectivity index (χ0n) is 9.47. The summed E-state index contributed by atoms with van der Waals surface area (Å²) in [6, 6.07) is -0.247. The molecular weight excluding hydrogens is 224 g/mol. The summed E-state index contributed by atoms with van der Waals surface area (Å²) >= 11 is 1.49. The Hall–Kier alpha value is -1.27. The van der Waals surface area contributed by atoms with E-state index in [9.17, 15) is 0 Å². The molecule has 0 aliphatic carbocycles. The second-order valence-corrected chi connectivity index (χ2v) is 5.39. The number of rotatable bonds is 2. The molecule has 2 N–H and O–H groups in total. The first-order valence-electron chi connectivity index (χ1n) is 4.96. The van der Waals surface area contributed by atoms with Crippen LogP contribution in [0.15, 0.2) is 15.4 Å². The Morgan fingerprint density at radius 2 is 2.19 bits per heavy atom. The van der Waals surface area contributed by atoms with Crippen LogP contribution in [0.3, 0.4) is 0 Å². The van der Waals surface area contributed by atoms with E-state index in [1.807, 2.05) is 26.2 Å². The van der Waals surface area contributed by atoms with Gasteiger partial charge in [-0.2, -0.15) is 4.98 Å². The lowest BCUT2D eigenvalue weighted by molar-refractivity contribution is 0.303. The monoisotopic (exact) mass is 238 g/mol. The summed E-state index contributed by atoms with van der Waals surface area (Å²) in [4.78, 5) is 8.36. The average Bonchev–Trinajstić information content (AvgIpc) is 2.85. The third-order valence-electron chi connectivity index (χ3n) is 2.30. The number of nitrogens with two attached hydrogens (primary N) is 1. The quantitative estimate of drug-likeness (QED) is 0.868. The van der Waals surface area contributed by atoms with Crippen LogP contribution in [0.4, 0.5) is 0 Å². The number of thiazole rings is 1. The molecule has 2 rings (SSSR count). The maximum Gasteiger partial charge on any atom is 0.277 e. The lowest BCUT2D eigenvalue weighted by atomic mass is 9.87. The van der Waals surface area contributed by atoms with Gasteiger partial charge in [0, 0.05) is 5.38 Å². The number of hydrogen-bond acceptors (Lipinski definition) is 6. The molecule has 0 radical (unpaired) electrons. The van der Waals surface area contributed by atoms with E-state index in [0.29, 0.717) is 17.4 Å². The number of aromatic nitrogens is 3. The predicted octanol–water partition coefficient (Wildman–Crippen LogP) is 2.24. The maximum atomic E-state index is 6.04. The molecule has 2 aromatic rings. The predicted molar refractivity (Wildman–Crippen MR) is 61.8 cm³/mol. The number of hydrogen-bond donors (Lipinski definition) is 1. The highest BCUT2D eigenvalue weighted by molar-refractivity contribution is 7.07. The summed E-state index contributed by atoms with van der Waals surface area (Å²) in [5.74, 6) is 0.950. The van der Waals surface area contributed by atoms with Crippen molar-refractivity contribution in [3.8, 4) is 11.6 Å². The van der Waals surface area contributed by atoms with E-state index in [0.717, 1.165) is 0 Å². The van der Waals surface area contributed by atoms with Gasteiger partial charge in [-0.05, 0) is 5.41 Å². The van der Waals surface area contributed by atoms with Crippen LogP contribution < -0.4 is 5.73 Å². The van der Waals surface area contributed by atoms with Crippen LogP contribution in [-0.4, -0.2) is 15.1 Å². The summed E-state index contributed by atoms with van der Waals surface area (Å²) in [7, 11) is 0. The van der Waals surface area contributed by atoms with Crippen molar-refractivity contribution in [3.63, 3.8) is 0 Å². The van der Waals surface area contributed by atoms with Crippen LogP contribution in [0, 0.1) is 5.41 Å². The lowest BCUT2D eigenvalue weighted by Gasteiger charge is -2.23. The Morgan fingerprint density at radius 1 is 1.44 bits per heavy atom. The van der Waals surface area contributed by atoms with E-state index >= 15 is 0 Å². The van der Waals surface area contributed by atoms with E-state index in [1.165, 1.54) is 11.3 Å². The van der Waals surface area contributed by atoms with Crippen molar-refractivity contribution in [1.82, 2.24) is 15.1 Å². The molecule has 86 valence electrons. The molecule has 1 atom stereocenters. The number of nitrogens with zero attached hydrogens (tertiary/aromatic N) is 3. The van der Waals surface area contributed by atoms with Crippen molar-refractivity contribution in [2.24, 2.45) is 11.1 Å². The van der Waals surface area contributed by atoms with E-state index < -0.39 is 0 Å². The fourth-order valence-corrected chi connectivity index (χ4v) is 1.70. The molecule has 0 aliphatic rings. The lowest BCUT2D eigenvalue weighted by Crippen LogP contribution is -2.27. The first-order chi connectivity index (χ1) is 7.48. The van der Waals surface area contributed by atoms with Crippen LogP contribution in [-0.2, 0) is 0 Å². The summed E-state index contributed by atoms with van der Waals surface area (Å²) < 4.78 is 5.13. The van der Waals surface area contributed by atoms with Crippen LogP contribution in [0.5, 0.6) is 0 Å². The molecule has 0 bridgehead atoms. The fraction of sp³-hybridized carbons (Fsp3) is 0.500. The molecule has 5 nitrogen and oxygen atoms in total. The van der Waals surface area contributed by atoms with Crippen molar-refractivity contribution < 1.29 is 4.52 Å². The van der Waals surface area contributed by atoms with Crippen LogP contribution in [0.1, 0.15) is 32.6 Å². The molecule has 0 fully saturated rings. The minimum atomic E-state index is -0.247. The van der Waals surface area contributed by atoms with E-state index in [2.05, 4.69) is 15.1 Å². The summed E-state index contributed by atoms with van der Waals surface area (Å²) in [5, 5.41) is 5.75. The standard InChI is InChI=1S/C10H14N4OS/c1-10(2,3)7(11)8-13-9(15-14-8)6-4-16-5-12-6/h4-5,7H,11H2,1-3H3. The zero-order chi connectivity index (χ0) is 11.8. The van der Waals surface area contributed by atoms with Gasteiger partial charge in [-0.1, -0.05) is 25.9 Å². The third kappa shape index (κ3) is 2.12. The third-order valence-corrected chi connectivity index (χ3v) is 2.89. The van der Waals surface area contributed by atoms with Gasteiger partial charge in [-0.15, -0.1) is 11.3 Å². The van der Waals surface area contributed by atoms with Crippen LogP contribution >= 0.6 is 11.3 Å². The Bertz CT molecular complexity index is 457. The zero-order valence-corrected chi connectivity index (χ0v) is 10.3. The van der Waals surface area contributed by atoms with Crippen LogP contribution in [0.25, 0.3) is 11.6 Å². The molecule has 0 spiro atoms. The van der Waals surface area contributed by atoms with Crippen molar-refractivity contribution in [3.05, 3.63) is 16.7 Å². The summed E-state index contributed by atoms with van der Waals surface area (Å²) in [6.45, 7) is 6.11. The molecule has 1 unspecified atom stereocenters. The SMILES string of the molecule is CC(C)(C)C(N)c1noc(-c2cscn2)n1. The Balaban J connectivity index is 2.27. The summed E-state index contributed by atoms with van der Waals surface area (Å²) in [6.07, 6.45) is 0. The normalized spacial score (nSPS) is 14.0. The Kier molecular flexibility index (Phi) is 2.77. The van der Waals surface area contributed by atoms with Crippen LogP contribution in [0.2, 0.25) is 0 Å². The van der Waals surface area contributed by atoms with Gasteiger partial charge in [-0.3, -0.25) is 0 Å². The molecule has 0 saturated carbocycles. The largest absolute Gasteiger partial charge is 0.332 e. The second kappa shape index (κ2) is 3.95. The van der Waals surface area contributed by atoms with Gasteiger partial charge in [-0.25, -0.2) is 4.98 Å². The van der Waals surface area contributed by atoms with E-state index in [-0.39, 0.29) is 11.5 Å². The maximum absolute atomic E-state index is 6.04. The molecule has 0 amide bonds. The molecule has 2 aromatic heterocycles. The highest BCUT2D eigenvalue weighted by Crippen LogP contribution is 2.29. The minimum Gasteiger partial charge on any atom is -0.332 e. The molecule has 2 heterocycles. The molecule has 16 heavy (non-hydrogen) atoms. The van der Waals surface area contributed by atoms with Crippen molar-refractivity contribution in [2.75, 3.05) is 0 Å². The topological polar surface area (TPSA) is 77.8 Å². The van der Waals surface area contributed by atoms with Gasteiger partial charge in [0.1, 0.15) is 5.69 Å². The highest BCUT2D eigenvalue weighted by Gasteiger charge is 2.27. The van der Waals surface area contributed by atoms with Crippen molar-refractivity contribution in [2.45, 2.75) is 26.8 Å². The van der Waals surface area contributed by atoms with Crippen molar-refractivity contribution >= 4 is 11.3 Å². The Morgan fingerprint density at radius 3 is 2.75 bits per heavy atom. The smallest absolute Gasteiger partial charge is 0.277 e. The molecule has 0 aliphatic heterocycles. The van der Waals surface area contributed by atoms with Gasteiger partial charge in [0.2, 0.25) is 0 Å². The molecule has 0 saturated heterocycles. The second-order valence-electron chi connectivity index (χ2n) is 4.68. The molecule has 0 aromatic carbocycles. The van der Waals surface area contributed by atoms with Gasteiger partial charge in [0.15, 0.2) is 5.82 Å². The first-order valence-corrected chi connectivity index (χ1v) is 5.90. The van der Waals surface area contributed by atoms with Gasteiger partial charge < -0.3 is 10.3 Å². The molecular formula is C10H14N4OS. The van der Waals surface area contributed by atoms with Gasteiger partial charge in [0.05, 0.1) is 11.6 Å². The van der Waals surface area contributed by atoms with E-state index in [4.69, 9.17) is 10.3 Å². The summed E-state index contributed by atoms with van der Waals surface area (Å²) in [5.41, 5.74) is 8.37. The molecule has 6 heteroatoms. The van der Waals surface area contributed by atoms with Gasteiger partial charge in [0.25, 0.3) is 5.89 Å². The van der Waals surface area contributed by atoms with Crippen molar-refractivity contribution in [1.29, 1.82) is 0 Å².